The molecule has 0 saturated carbocycles. The molecule has 1 fully saturated rings. The molecule has 3 aromatic rings. The highest BCUT2D eigenvalue weighted by molar-refractivity contribution is 5.94. The van der Waals surface area contributed by atoms with E-state index < -0.39 is 0 Å². The first-order valence-electron chi connectivity index (χ1n) is 11.2. The van der Waals surface area contributed by atoms with E-state index in [0.29, 0.717) is 12.5 Å². The van der Waals surface area contributed by atoms with Gasteiger partial charge in [0.05, 0.1) is 13.7 Å². The zero-order valence-corrected chi connectivity index (χ0v) is 18.9. The van der Waals surface area contributed by atoms with Crippen LogP contribution >= 0.6 is 0 Å². The maximum atomic E-state index is 13.2. The molecule has 170 valence electrons. The maximum Gasteiger partial charge on any atom is 0.240 e. The smallest absolute Gasteiger partial charge is 0.240 e. The highest BCUT2D eigenvalue weighted by Gasteiger charge is 2.36. The number of benzene rings is 3. The zero-order valence-electron chi connectivity index (χ0n) is 18.9. The Balaban J connectivity index is 1.39. The van der Waals surface area contributed by atoms with E-state index in [1.807, 2.05) is 55.6 Å². The lowest BCUT2D eigenvalue weighted by Gasteiger charge is -2.27. The number of methoxy groups -OCH3 is 1. The topological polar surface area (TPSA) is 51.2 Å². The quantitative estimate of drug-likeness (QED) is 0.555. The second-order valence-electron chi connectivity index (χ2n) is 8.55. The van der Waals surface area contributed by atoms with Crippen molar-refractivity contribution in [1.29, 1.82) is 0 Å². The lowest BCUT2D eigenvalue weighted by molar-refractivity contribution is -0.119. The summed E-state index contributed by atoms with van der Waals surface area (Å²) < 4.78 is 16.4. The molecule has 0 radical (unpaired) electrons. The minimum absolute atomic E-state index is 0.0750. The Bertz CT molecular complexity index is 1120. The van der Waals surface area contributed by atoms with Crippen LogP contribution in [-0.2, 0) is 4.79 Å². The van der Waals surface area contributed by atoms with E-state index in [0.717, 1.165) is 35.9 Å². The van der Waals surface area contributed by atoms with Gasteiger partial charge < -0.3 is 19.1 Å². The number of anilines is 1. The van der Waals surface area contributed by atoms with E-state index in [1.54, 1.807) is 12.0 Å². The summed E-state index contributed by atoms with van der Waals surface area (Å²) in [6, 6.07) is 24.3. The predicted molar refractivity (Wildman–Crippen MR) is 127 cm³/mol. The number of fused-ring (bicyclic) bond motifs is 1. The van der Waals surface area contributed by atoms with Crippen LogP contribution < -0.4 is 19.1 Å². The Kier molecular flexibility index (Phi) is 5.92. The molecule has 5 rings (SSSR count). The maximum absolute atomic E-state index is 13.2. The average molecular weight is 445 g/mol. The molecule has 0 aromatic heterocycles. The number of nitrogens with zero attached hydrogens (tertiary/aromatic N) is 2. The van der Waals surface area contributed by atoms with Crippen molar-refractivity contribution in [3.63, 3.8) is 0 Å². The van der Waals surface area contributed by atoms with Crippen LogP contribution in [-0.4, -0.2) is 44.8 Å². The van der Waals surface area contributed by atoms with Gasteiger partial charge in [-0.3, -0.25) is 9.69 Å². The molecule has 6 heteroatoms. The monoisotopic (exact) mass is 444 g/mol. The second-order valence-corrected chi connectivity index (χ2v) is 8.55. The van der Waals surface area contributed by atoms with E-state index in [4.69, 9.17) is 14.2 Å². The first-order valence-corrected chi connectivity index (χ1v) is 11.2. The summed E-state index contributed by atoms with van der Waals surface area (Å²) in [4.78, 5) is 17.2. The summed E-state index contributed by atoms with van der Waals surface area (Å²) in [7, 11) is 3.51. The summed E-state index contributed by atoms with van der Waals surface area (Å²) in [5.41, 5.74) is 3.30. The Morgan fingerprint density at radius 1 is 1.00 bits per heavy atom. The van der Waals surface area contributed by atoms with Crippen LogP contribution in [0.5, 0.6) is 17.2 Å². The number of rotatable bonds is 6. The van der Waals surface area contributed by atoms with Crippen molar-refractivity contribution >= 4 is 11.6 Å². The number of carbonyl (C=O) groups excluding carboxylic acids is 1. The van der Waals surface area contributed by atoms with Gasteiger partial charge in [-0.2, -0.15) is 0 Å². The van der Waals surface area contributed by atoms with Crippen molar-refractivity contribution in [2.45, 2.75) is 18.4 Å². The molecule has 2 aliphatic rings. The standard InChI is InChI=1S/C27H28N2O4/c1-28(22-6-4-3-5-7-22)27(30)17-29-16-21(20-10-13-25-26(15-20)33-18-32-25)14-24(29)19-8-11-23(31-2)12-9-19/h3-13,15,21,24H,14,16-18H2,1-2H3. The van der Waals surface area contributed by atoms with Gasteiger partial charge in [0.1, 0.15) is 5.75 Å². The average Bonchev–Trinajstić information content (AvgIpc) is 3.51. The fourth-order valence-corrected chi connectivity index (χ4v) is 4.74. The van der Waals surface area contributed by atoms with Crippen LogP contribution in [0.3, 0.4) is 0 Å². The number of hydrogen-bond donors (Lipinski definition) is 0. The fourth-order valence-electron chi connectivity index (χ4n) is 4.74. The first kappa shape index (κ1) is 21.3. The number of para-hydroxylation sites is 1. The van der Waals surface area contributed by atoms with Gasteiger partial charge >= 0.3 is 0 Å². The summed E-state index contributed by atoms with van der Waals surface area (Å²) >= 11 is 0. The molecule has 1 amide bonds. The molecular weight excluding hydrogens is 416 g/mol. The summed E-state index contributed by atoms with van der Waals surface area (Å²) in [6.45, 7) is 1.41. The van der Waals surface area contributed by atoms with Gasteiger partial charge in [-0.05, 0) is 59.9 Å². The lowest BCUT2D eigenvalue weighted by atomic mass is 9.93. The Labute approximate surface area is 194 Å². The third-order valence-corrected chi connectivity index (χ3v) is 6.63. The van der Waals surface area contributed by atoms with Crippen molar-refractivity contribution in [3.8, 4) is 17.2 Å². The fraction of sp³-hybridized carbons (Fsp3) is 0.296. The van der Waals surface area contributed by atoms with Crippen LogP contribution in [0.15, 0.2) is 72.8 Å². The highest BCUT2D eigenvalue weighted by Crippen LogP contribution is 2.43. The van der Waals surface area contributed by atoms with E-state index >= 15 is 0 Å². The van der Waals surface area contributed by atoms with Crippen LogP contribution in [0.2, 0.25) is 0 Å². The third kappa shape index (κ3) is 4.39. The van der Waals surface area contributed by atoms with Crippen molar-refractivity contribution in [2.24, 2.45) is 0 Å². The minimum atomic E-state index is 0.0750. The van der Waals surface area contributed by atoms with Gasteiger partial charge in [0, 0.05) is 25.3 Å². The first-order chi connectivity index (χ1) is 16.1. The number of carbonyl (C=O) groups is 1. The van der Waals surface area contributed by atoms with Crippen LogP contribution in [0.4, 0.5) is 5.69 Å². The molecule has 2 heterocycles. The third-order valence-electron chi connectivity index (χ3n) is 6.63. The van der Waals surface area contributed by atoms with Crippen molar-refractivity contribution in [1.82, 2.24) is 4.90 Å². The molecule has 2 atom stereocenters. The Morgan fingerprint density at radius 2 is 1.73 bits per heavy atom. The van der Waals surface area contributed by atoms with Gasteiger partial charge in [0.25, 0.3) is 0 Å². The number of hydrogen-bond acceptors (Lipinski definition) is 5. The number of likely N-dealkylation sites (N-methyl/N-ethyl adjacent to an activating group) is 1. The molecule has 2 unspecified atom stereocenters. The van der Waals surface area contributed by atoms with E-state index in [-0.39, 0.29) is 18.7 Å². The molecule has 1 saturated heterocycles. The van der Waals surface area contributed by atoms with Crippen molar-refractivity contribution < 1.29 is 19.0 Å². The van der Waals surface area contributed by atoms with Crippen LogP contribution in [0.1, 0.15) is 29.5 Å². The number of ether oxygens (including phenoxy) is 3. The second kappa shape index (κ2) is 9.16. The van der Waals surface area contributed by atoms with Crippen LogP contribution in [0.25, 0.3) is 0 Å². The Hall–Kier alpha value is -3.51. The lowest BCUT2D eigenvalue weighted by Crippen LogP contribution is -2.38. The van der Waals surface area contributed by atoms with Crippen molar-refractivity contribution in [3.05, 3.63) is 83.9 Å². The van der Waals surface area contributed by atoms with Gasteiger partial charge in [-0.15, -0.1) is 0 Å². The molecule has 3 aromatic carbocycles. The zero-order chi connectivity index (χ0) is 22.8. The van der Waals surface area contributed by atoms with Gasteiger partial charge in [0.2, 0.25) is 12.7 Å². The van der Waals surface area contributed by atoms with Gasteiger partial charge in [-0.1, -0.05) is 36.4 Å². The van der Waals surface area contributed by atoms with Gasteiger partial charge in [-0.25, -0.2) is 0 Å². The normalized spacial score (nSPS) is 19.5. The summed E-state index contributed by atoms with van der Waals surface area (Å²) in [6.07, 6.45) is 0.925. The largest absolute Gasteiger partial charge is 0.497 e. The van der Waals surface area contributed by atoms with E-state index in [1.165, 1.54) is 11.1 Å². The molecule has 6 nitrogen and oxygen atoms in total. The molecule has 2 aliphatic heterocycles. The molecule has 0 spiro atoms. The molecule has 0 bridgehead atoms. The summed E-state index contributed by atoms with van der Waals surface area (Å²) in [5.74, 6) is 2.79. The van der Waals surface area contributed by atoms with Gasteiger partial charge in [0.15, 0.2) is 11.5 Å². The SMILES string of the molecule is COc1ccc(C2CC(c3ccc4c(c3)OCO4)CN2CC(=O)N(C)c2ccccc2)cc1. The number of likely N-dealkylation sites (tertiary alicyclic amines) is 1. The molecule has 0 N–H and O–H groups in total. The van der Waals surface area contributed by atoms with E-state index in [2.05, 4.69) is 29.2 Å². The minimum Gasteiger partial charge on any atom is -0.497 e. The molecular formula is C27H28N2O4. The van der Waals surface area contributed by atoms with E-state index in [9.17, 15) is 4.79 Å². The number of amides is 1. The summed E-state index contributed by atoms with van der Waals surface area (Å²) in [5, 5.41) is 0. The molecule has 33 heavy (non-hydrogen) atoms. The Morgan fingerprint density at radius 3 is 2.48 bits per heavy atom. The van der Waals surface area contributed by atoms with Crippen LogP contribution in [0, 0.1) is 0 Å². The molecule has 0 aliphatic carbocycles. The van der Waals surface area contributed by atoms with Crippen molar-refractivity contribution in [2.75, 3.05) is 38.9 Å². The highest BCUT2D eigenvalue weighted by atomic mass is 16.7. The predicted octanol–water partition coefficient (Wildman–Crippen LogP) is 4.62.